The van der Waals surface area contributed by atoms with Crippen LogP contribution in [0.4, 0.5) is 0 Å². The van der Waals surface area contributed by atoms with E-state index in [2.05, 4.69) is 11.4 Å². The molecule has 178 valence electrons. The third-order valence-corrected chi connectivity index (χ3v) is 6.94. The van der Waals surface area contributed by atoms with Crippen molar-refractivity contribution < 1.29 is 18.7 Å². The molecule has 1 N–H and O–H groups in total. The average Bonchev–Trinajstić information content (AvgIpc) is 3.53. The fourth-order valence-corrected chi connectivity index (χ4v) is 5.09. The van der Waals surface area contributed by atoms with E-state index in [4.69, 9.17) is 14.1 Å². The Bertz CT molecular complexity index is 1340. The van der Waals surface area contributed by atoms with Crippen molar-refractivity contribution in [3.05, 3.63) is 65.2 Å². The third kappa shape index (κ3) is 4.44. The summed E-state index contributed by atoms with van der Waals surface area (Å²) in [5.74, 6) is -0.280. The van der Waals surface area contributed by atoms with Gasteiger partial charge in [-0.3, -0.25) is 4.79 Å². The summed E-state index contributed by atoms with van der Waals surface area (Å²) < 4.78 is 11.1. The summed E-state index contributed by atoms with van der Waals surface area (Å²) in [4.78, 5) is 31.2. The minimum Gasteiger partial charge on any atom is -0.465 e. The number of nitriles is 1. The summed E-state index contributed by atoms with van der Waals surface area (Å²) in [6, 6.07) is 13.4. The van der Waals surface area contributed by atoms with Crippen LogP contribution < -0.4 is 5.32 Å². The number of carbonyl (C=O) groups is 2. The third-order valence-electron chi connectivity index (χ3n) is 6.94. The van der Waals surface area contributed by atoms with Crippen molar-refractivity contribution in [1.29, 1.82) is 5.26 Å². The fourth-order valence-electron chi connectivity index (χ4n) is 5.09. The number of para-hydroxylation sites is 1. The number of fused-ring (bicyclic) bond motifs is 2. The van der Waals surface area contributed by atoms with Crippen molar-refractivity contribution in [2.24, 2.45) is 0 Å². The van der Waals surface area contributed by atoms with Crippen LogP contribution in [0.2, 0.25) is 0 Å². The highest BCUT2D eigenvalue weighted by Gasteiger charge is 2.36. The van der Waals surface area contributed by atoms with Crippen LogP contribution in [-0.2, 0) is 16.0 Å². The molecule has 2 aromatic heterocycles. The molecule has 1 saturated carbocycles. The molecule has 2 aliphatic rings. The Hall–Kier alpha value is -3.92. The van der Waals surface area contributed by atoms with Crippen LogP contribution in [0.1, 0.15) is 72.8 Å². The lowest BCUT2D eigenvalue weighted by Gasteiger charge is -2.32. The van der Waals surface area contributed by atoms with Crippen LogP contribution in [0.3, 0.4) is 0 Å². The maximum absolute atomic E-state index is 13.5. The molecule has 0 saturated heterocycles. The number of benzene rings is 1. The monoisotopic (exact) mass is 469 g/mol. The number of amides is 1. The highest BCUT2D eigenvalue weighted by Crippen LogP contribution is 2.38. The number of allylic oxidation sites excluding steroid dienone is 1. The molecule has 2 heterocycles. The maximum Gasteiger partial charge on any atom is 0.339 e. The largest absolute Gasteiger partial charge is 0.465 e. The molecule has 0 spiro atoms. The number of hydrogen-bond acceptors (Lipinski definition) is 6. The summed E-state index contributed by atoms with van der Waals surface area (Å²) in [5, 5.41) is 13.2. The van der Waals surface area contributed by atoms with E-state index in [0.717, 1.165) is 48.3 Å². The summed E-state index contributed by atoms with van der Waals surface area (Å²) in [6.45, 7) is 1.55. The van der Waals surface area contributed by atoms with Crippen LogP contribution >= 0.6 is 0 Å². The first-order chi connectivity index (χ1) is 17.0. The number of nitrogens with zero attached hydrogens (tertiary/aromatic N) is 2. The van der Waals surface area contributed by atoms with Gasteiger partial charge in [-0.05, 0) is 68.0 Å². The molecule has 7 heteroatoms. The molecular formula is C28H27N3O4. The van der Waals surface area contributed by atoms with Crippen LogP contribution in [-0.4, -0.2) is 28.5 Å². The Balaban J connectivity index is 1.44. The SMILES string of the molecule is CC(OC(=O)c1c2c(nc3ccccc13)/C(=C/c1ccco1)CC2)C(=O)NC1(C#N)CCCCC1. The van der Waals surface area contributed by atoms with Gasteiger partial charge in [0.15, 0.2) is 6.10 Å². The molecule has 1 aromatic carbocycles. The van der Waals surface area contributed by atoms with Crippen molar-refractivity contribution >= 4 is 34.4 Å². The zero-order valence-corrected chi connectivity index (χ0v) is 19.7. The van der Waals surface area contributed by atoms with Gasteiger partial charge in [0, 0.05) is 5.39 Å². The second-order valence-electron chi connectivity index (χ2n) is 9.31. The Kier molecular flexibility index (Phi) is 6.12. The smallest absolute Gasteiger partial charge is 0.339 e. The number of esters is 1. The van der Waals surface area contributed by atoms with Gasteiger partial charge in [0.25, 0.3) is 5.91 Å². The van der Waals surface area contributed by atoms with Gasteiger partial charge in [-0.2, -0.15) is 5.26 Å². The lowest BCUT2D eigenvalue weighted by Crippen LogP contribution is -2.52. The van der Waals surface area contributed by atoms with Crippen molar-refractivity contribution in [3.63, 3.8) is 0 Å². The number of pyridine rings is 1. The van der Waals surface area contributed by atoms with E-state index in [1.54, 1.807) is 13.2 Å². The molecule has 35 heavy (non-hydrogen) atoms. The zero-order chi connectivity index (χ0) is 24.4. The molecule has 0 radical (unpaired) electrons. The van der Waals surface area contributed by atoms with Gasteiger partial charge in [-0.1, -0.05) is 37.5 Å². The van der Waals surface area contributed by atoms with Gasteiger partial charge < -0.3 is 14.5 Å². The molecule has 1 fully saturated rings. The van der Waals surface area contributed by atoms with Gasteiger partial charge in [0.1, 0.15) is 11.3 Å². The zero-order valence-electron chi connectivity index (χ0n) is 19.7. The Labute approximate surface area is 203 Å². The standard InChI is InChI=1S/C28H27N3O4/c1-18(26(32)31-28(17-29)13-5-2-6-14-28)35-27(33)24-21-9-3-4-10-23(21)30-25-19(11-12-22(24)25)16-20-8-7-15-34-20/h3-4,7-10,15-16,18H,2,5-6,11-14H2,1H3,(H,31,32)/b19-16+. The van der Waals surface area contributed by atoms with Crippen molar-refractivity contribution in [2.45, 2.75) is 63.5 Å². The Morgan fingerprint density at radius 1 is 1.17 bits per heavy atom. The van der Waals surface area contributed by atoms with E-state index in [1.807, 2.05) is 42.5 Å². The van der Waals surface area contributed by atoms with E-state index in [-0.39, 0.29) is 0 Å². The fraction of sp³-hybridized carbons (Fsp3) is 0.357. The quantitative estimate of drug-likeness (QED) is 0.515. The van der Waals surface area contributed by atoms with Crippen molar-refractivity contribution in [1.82, 2.24) is 10.3 Å². The summed E-state index contributed by atoms with van der Waals surface area (Å²) in [6.07, 6.45) is 7.97. The first kappa shape index (κ1) is 22.9. The molecule has 1 atom stereocenters. The van der Waals surface area contributed by atoms with Gasteiger partial charge in [0.05, 0.1) is 29.1 Å². The van der Waals surface area contributed by atoms with E-state index in [9.17, 15) is 14.9 Å². The highest BCUT2D eigenvalue weighted by molar-refractivity contribution is 6.07. The number of carbonyl (C=O) groups excluding carboxylic acids is 2. The Morgan fingerprint density at radius 3 is 2.71 bits per heavy atom. The molecule has 7 nitrogen and oxygen atoms in total. The predicted molar refractivity (Wildman–Crippen MR) is 131 cm³/mol. The van der Waals surface area contributed by atoms with Crippen LogP contribution in [0.5, 0.6) is 0 Å². The van der Waals surface area contributed by atoms with Crippen LogP contribution in [0.15, 0.2) is 47.1 Å². The second kappa shape index (κ2) is 9.38. The lowest BCUT2D eigenvalue weighted by molar-refractivity contribution is -0.130. The predicted octanol–water partition coefficient (Wildman–Crippen LogP) is 5.20. The molecule has 5 rings (SSSR count). The average molecular weight is 470 g/mol. The number of hydrogen-bond donors (Lipinski definition) is 1. The van der Waals surface area contributed by atoms with Crippen molar-refractivity contribution in [2.75, 3.05) is 0 Å². The number of ether oxygens (including phenoxy) is 1. The first-order valence-electron chi connectivity index (χ1n) is 12.1. The van der Waals surface area contributed by atoms with E-state index in [0.29, 0.717) is 35.7 Å². The number of rotatable bonds is 5. The molecule has 1 unspecified atom stereocenters. The Morgan fingerprint density at radius 2 is 1.97 bits per heavy atom. The van der Waals surface area contributed by atoms with E-state index in [1.165, 1.54) is 0 Å². The van der Waals surface area contributed by atoms with Crippen LogP contribution in [0, 0.1) is 11.3 Å². The van der Waals surface area contributed by atoms with Crippen LogP contribution in [0.25, 0.3) is 22.6 Å². The summed E-state index contributed by atoms with van der Waals surface area (Å²) in [7, 11) is 0. The minimum absolute atomic E-state index is 0.445. The number of furan rings is 1. The number of nitrogens with one attached hydrogen (secondary N) is 1. The van der Waals surface area contributed by atoms with Gasteiger partial charge in [-0.25, -0.2) is 9.78 Å². The summed E-state index contributed by atoms with van der Waals surface area (Å²) in [5.41, 5.74) is 2.82. The minimum atomic E-state index is -1.03. The van der Waals surface area contributed by atoms with E-state index >= 15 is 0 Å². The summed E-state index contributed by atoms with van der Waals surface area (Å²) >= 11 is 0. The molecule has 0 aliphatic heterocycles. The lowest BCUT2D eigenvalue weighted by atomic mass is 9.83. The van der Waals surface area contributed by atoms with Gasteiger partial charge in [0.2, 0.25) is 0 Å². The molecule has 3 aromatic rings. The first-order valence-corrected chi connectivity index (χ1v) is 12.1. The maximum atomic E-state index is 13.5. The highest BCUT2D eigenvalue weighted by atomic mass is 16.5. The van der Waals surface area contributed by atoms with Crippen molar-refractivity contribution in [3.8, 4) is 6.07 Å². The van der Waals surface area contributed by atoms with Gasteiger partial charge >= 0.3 is 5.97 Å². The normalized spacial score (nSPS) is 18.6. The van der Waals surface area contributed by atoms with Gasteiger partial charge in [-0.15, -0.1) is 0 Å². The second-order valence-corrected chi connectivity index (χ2v) is 9.31. The topological polar surface area (TPSA) is 105 Å². The van der Waals surface area contributed by atoms with E-state index < -0.39 is 23.5 Å². The molecule has 1 amide bonds. The molecular weight excluding hydrogens is 442 g/mol. The number of aromatic nitrogens is 1. The molecule has 2 aliphatic carbocycles. The molecule has 0 bridgehead atoms.